The first kappa shape index (κ1) is 18.2. The average molecular weight is 404 g/mol. The summed E-state index contributed by atoms with van der Waals surface area (Å²) in [6.45, 7) is 4.67. The zero-order valence-corrected chi connectivity index (χ0v) is 16.9. The number of nitrogens with zero attached hydrogens (tertiary/aromatic N) is 4. The number of fused-ring (bicyclic) bond motifs is 1. The van der Waals surface area contributed by atoms with Gasteiger partial charge >= 0.3 is 0 Å². The van der Waals surface area contributed by atoms with Crippen LogP contribution in [0.25, 0.3) is 11.2 Å². The number of amides is 1. The number of hydrogen-bond acceptors (Lipinski definition) is 6. The maximum absolute atomic E-state index is 10.9. The third-order valence-electron chi connectivity index (χ3n) is 5.11. The fourth-order valence-corrected chi connectivity index (χ4v) is 5.35. The zero-order valence-electron chi connectivity index (χ0n) is 15.2. The number of anilines is 1. The number of imidazole rings is 1. The third-order valence-corrected chi connectivity index (χ3v) is 7.35. The van der Waals surface area contributed by atoms with E-state index in [9.17, 15) is 4.79 Å². The van der Waals surface area contributed by atoms with Crippen LogP contribution in [0, 0.1) is 12.8 Å². The average Bonchev–Trinajstić information content (AvgIpc) is 3.29. The number of aromatic nitrogens is 4. The maximum atomic E-state index is 10.9. The Morgan fingerprint density at radius 3 is 3.00 bits per heavy atom. The Morgan fingerprint density at radius 2 is 2.30 bits per heavy atom. The lowest BCUT2D eigenvalue weighted by molar-refractivity contribution is -0.677. The molecule has 1 saturated heterocycles. The van der Waals surface area contributed by atoms with Crippen molar-refractivity contribution < 1.29 is 9.36 Å². The lowest BCUT2D eigenvalue weighted by Crippen LogP contribution is -2.38. The highest BCUT2D eigenvalue weighted by Crippen LogP contribution is 2.33. The molecule has 142 valence electrons. The van der Waals surface area contributed by atoms with Crippen molar-refractivity contribution in [2.45, 2.75) is 42.1 Å². The Labute approximate surface area is 166 Å². The molecule has 0 aromatic carbocycles. The van der Waals surface area contributed by atoms with E-state index in [0.717, 1.165) is 61.6 Å². The number of carbonyl (C=O) groups is 1. The van der Waals surface area contributed by atoms with Gasteiger partial charge in [0.25, 0.3) is 5.65 Å². The summed E-state index contributed by atoms with van der Waals surface area (Å²) in [4.78, 5) is 25.1. The van der Waals surface area contributed by atoms with Crippen LogP contribution in [0.3, 0.4) is 0 Å². The molecular weight excluding hydrogens is 380 g/mol. The van der Waals surface area contributed by atoms with Gasteiger partial charge in [0, 0.05) is 13.1 Å². The molecule has 27 heavy (non-hydrogen) atoms. The monoisotopic (exact) mass is 403 g/mol. The normalized spacial score (nSPS) is 15.5. The van der Waals surface area contributed by atoms with Gasteiger partial charge < -0.3 is 15.6 Å². The van der Waals surface area contributed by atoms with E-state index in [0.29, 0.717) is 11.7 Å². The largest absolute Gasteiger partial charge is 0.368 e. The number of nitrogen functional groups attached to an aromatic ring is 1. The van der Waals surface area contributed by atoms with Crippen molar-refractivity contribution in [2.75, 3.05) is 18.8 Å². The van der Waals surface area contributed by atoms with Crippen LogP contribution in [0.4, 0.5) is 5.82 Å². The van der Waals surface area contributed by atoms with Crippen LogP contribution in [-0.2, 0) is 11.3 Å². The van der Waals surface area contributed by atoms with E-state index in [1.54, 1.807) is 29.4 Å². The number of thiophene rings is 1. The molecule has 0 spiro atoms. The second kappa shape index (κ2) is 7.85. The fraction of sp³-hybridized carbons (Fsp3) is 0.444. The number of aromatic amines is 1. The first-order valence-electron chi connectivity index (χ1n) is 9.09. The van der Waals surface area contributed by atoms with Gasteiger partial charge in [0.1, 0.15) is 0 Å². The lowest BCUT2D eigenvalue weighted by atomic mass is 9.94. The van der Waals surface area contributed by atoms with Crippen LogP contribution in [0.5, 0.6) is 0 Å². The Morgan fingerprint density at radius 1 is 1.48 bits per heavy atom. The van der Waals surface area contributed by atoms with E-state index >= 15 is 0 Å². The summed E-state index contributed by atoms with van der Waals surface area (Å²) in [5.41, 5.74) is 8.97. The highest BCUT2D eigenvalue weighted by Gasteiger charge is 2.22. The third kappa shape index (κ3) is 3.93. The van der Waals surface area contributed by atoms with Gasteiger partial charge in [-0.05, 0) is 60.9 Å². The quantitative estimate of drug-likeness (QED) is 0.488. The fourth-order valence-electron chi connectivity index (χ4n) is 3.41. The second-order valence-corrected chi connectivity index (χ2v) is 9.10. The van der Waals surface area contributed by atoms with Crippen molar-refractivity contribution in [2.24, 2.45) is 5.92 Å². The number of aryl methyl sites for hydroxylation is 2. The van der Waals surface area contributed by atoms with Crippen molar-refractivity contribution in [1.29, 1.82) is 0 Å². The van der Waals surface area contributed by atoms with E-state index in [4.69, 9.17) is 10.7 Å². The molecule has 3 aromatic rings. The van der Waals surface area contributed by atoms with Crippen LogP contribution in [0.15, 0.2) is 27.1 Å². The van der Waals surface area contributed by atoms with Gasteiger partial charge in [0.05, 0.1) is 10.8 Å². The van der Waals surface area contributed by atoms with E-state index in [1.807, 2.05) is 4.90 Å². The van der Waals surface area contributed by atoms with Gasteiger partial charge in [-0.15, -0.1) is 11.3 Å². The summed E-state index contributed by atoms with van der Waals surface area (Å²) in [6.07, 6.45) is 5.91. The molecule has 3 N–H and O–H groups in total. The van der Waals surface area contributed by atoms with Crippen LogP contribution < -0.4 is 10.3 Å². The van der Waals surface area contributed by atoms with Crippen LogP contribution >= 0.6 is 23.1 Å². The summed E-state index contributed by atoms with van der Waals surface area (Å²) in [5.74, 6) is 1.10. The molecule has 4 rings (SSSR count). The summed E-state index contributed by atoms with van der Waals surface area (Å²) in [5, 5.41) is 2.93. The molecule has 3 aromatic heterocycles. The molecule has 7 nitrogen and oxygen atoms in total. The Balaban J connectivity index is 1.50. The number of nitrogens with one attached hydrogen (secondary N) is 1. The Kier molecular flexibility index (Phi) is 5.31. The Bertz CT molecular complexity index is 945. The molecule has 4 heterocycles. The smallest absolute Gasteiger partial charge is 0.294 e. The van der Waals surface area contributed by atoms with E-state index in [1.165, 1.54) is 9.77 Å². The number of carbonyl (C=O) groups excluding carboxylic acids is 1. The standard InChI is InChI=1S/C18H22N6OS2/c1-12-5-9-26-17(12)27-18-21-14-15(19)20-10-24(16(14)22-18)8-4-13-2-6-23(11-25)7-3-13/h5,9-11,13H,2-4,6-8H2,1H3,(H2,19,21,22)/p+1. The number of nitrogens with two attached hydrogens (primary N) is 1. The molecule has 0 atom stereocenters. The van der Waals surface area contributed by atoms with Crippen molar-refractivity contribution >= 4 is 46.5 Å². The molecule has 1 aliphatic rings. The molecular formula is C18H23N6OS2+. The Hall–Kier alpha value is -2.13. The minimum Gasteiger partial charge on any atom is -0.368 e. The summed E-state index contributed by atoms with van der Waals surface area (Å²) >= 11 is 3.34. The minimum absolute atomic E-state index is 0.475. The van der Waals surface area contributed by atoms with E-state index in [2.05, 4.69) is 32.9 Å². The van der Waals surface area contributed by atoms with Crippen molar-refractivity contribution in [1.82, 2.24) is 19.9 Å². The van der Waals surface area contributed by atoms with Crippen molar-refractivity contribution in [3.05, 3.63) is 23.3 Å². The molecule has 0 radical (unpaired) electrons. The molecule has 1 aliphatic heterocycles. The molecule has 0 bridgehead atoms. The predicted molar refractivity (Wildman–Crippen MR) is 107 cm³/mol. The predicted octanol–water partition coefficient (Wildman–Crippen LogP) is 2.61. The lowest BCUT2D eigenvalue weighted by Gasteiger charge is -2.28. The molecule has 0 aliphatic carbocycles. The summed E-state index contributed by atoms with van der Waals surface area (Å²) in [6, 6.07) is 2.11. The number of rotatable bonds is 6. The highest BCUT2D eigenvalue weighted by molar-refractivity contribution is 8.01. The van der Waals surface area contributed by atoms with Crippen LogP contribution in [-0.4, -0.2) is 39.4 Å². The maximum Gasteiger partial charge on any atom is 0.294 e. The summed E-state index contributed by atoms with van der Waals surface area (Å²) < 4.78 is 3.31. The first-order valence-corrected chi connectivity index (χ1v) is 10.8. The van der Waals surface area contributed by atoms with Crippen LogP contribution in [0.2, 0.25) is 0 Å². The highest BCUT2D eigenvalue weighted by atomic mass is 32.2. The first-order chi connectivity index (χ1) is 13.1. The zero-order chi connectivity index (χ0) is 18.8. The SMILES string of the molecule is Cc1ccsc1Sc1nc2c([nH]1)c(N)nc[n+]2CCC1CCN(C=O)CC1. The molecule has 9 heteroatoms. The van der Waals surface area contributed by atoms with Gasteiger partial charge in [-0.3, -0.25) is 4.79 Å². The number of piperidine rings is 1. The van der Waals surface area contributed by atoms with Gasteiger partial charge in [0.15, 0.2) is 5.52 Å². The van der Waals surface area contributed by atoms with Gasteiger partial charge in [0.2, 0.25) is 23.7 Å². The van der Waals surface area contributed by atoms with E-state index < -0.39 is 0 Å². The molecule has 0 saturated carbocycles. The minimum atomic E-state index is 0.475. The second-order valence-electron chi connectivity index (χ2n) is 6.93. The number of H-pyrrole nitrogens is 1. The number of hydrogen-bond donors (Lipinski definition) is 2. The van der Waals surface area contributed by atoms with Crippen LogP contribution in [0.1, 0.15) is 24.8 Å². The topological polar surface area (TPSA) is 91.8 Å². The number of likely N-dealkylation sites (tertiary alicyclic amines) is 1. The molecule has 1 amide bonds. The van der Waals surface area contributed by atoms with Gasteiger partial charge in [-0.1, -0.05) is 9.97 Å². The van der Waals surface area contributed by atoms with Crippen molar-refractivity contribution in [3.63, 3.8) is 0 Å². The van der Waals surface area contributed by atoms with Gasteiger partial charge in [-0.2, -0.15) is 0 Å². The van der Waals surface area contributed by atoms with E-state index in [-0.39, 0.29) is 0 Å². The summed E-state index contributed by atoms with van der Waals surface area (Å²) in [7, 11) is 0. The van der Waals surface area contributed by atoms with Gasteiger partial charge in [-0.25, -0.2) is 4.57 Å². The van der Waals surface area contributed by atoms with Crippen molar-refractivity contribution in [3.8, 4) is 0 Å². The molecule has 1 fully saturated rings. The molecule has 0 unspecified atom stereocenters.